The number of hydrogen-bond acceptors (Lipinski definition) is 4. The van der Waals surface area contributed by atoms with Crippen molar-refractivity contribution in [2.45, 2.75) is 26.3 Å². The summed E-state index contributed by atoms with van der Waals surface area (Å²) in [7, 11) is 0. The van der Waals surface area contributed by atoms with Gasteiger partial charge < -0.3 is 15.1 Å². The van der Waals surface area contributed by atoms with Gasteiger partial charge >= 0.3 is 0 Å². The van der Waals surface area contributed by atoms with Crippen molar-refractivity contribution in [2.75, 3.05) is 5.32 Å². The number of carbonyl (C=O) groups excluding carboxylic acids is 2. The first kappa shape index (κ1) is 18.4. The molecule has 0 bridgehead atoms. The highest BCUT2D eigenvalue weighted by Gasteiger charge is 2.13. The lowest BCUT2D eigenvalue weighted by atomic mass is 10.0. The third kappa shape index (κ3) is 4.82. The first-order valence-electron chi connectivity index (χ1n) is 8.72. The Kier molecular flexibility index (Phi) is 5.66. The summed E-state index contributed by atoms with van der Waals surface area (Å²) in [6, 6.07) is 15.9. The number of hydrogen-bond donors (Lipinski definition) is 2. The molecule has 0 spiro atoms. The number of aromatic nitrogens is 1. The molecular formula is C21H21N3O3. The van der Waals surface area contributed by atoms with Crippen LogP contribution < -0.4 is 10.6 Å². The van der Waals surface area contributed by atoms with Gasteiger partial charge in [-0.3, -0.25) is 9.59 Å². The maximum Gasteiger partial charge on any atom is 0.274 e. The summed E-state index contributed by atoms with van der Waals surface area (Å²) >= 11 is 0. The molecule has 0 saturated heterocycles. The summed E-state index contributed by atoms with van der Waals surface area (Å²) in [6.07, 6.45) is 1.54. The van der Waals surface area contributed by atoms with Gasteiger partial charge in [0.2, 0.25) is 0 Å². The number of rotatable bonds is 6. The number of anilines is 1. The second kappa shape index (κ2) is 8.31. The normalized spacial score (nSPS) is 10.6. The number of furan rings is 1. The molecule has 0 aliphatic rings. The van der Waals surface area contributed by atoms with Gasteiger partial charge in [0.25, 0.3) is 11.8 Å². The molecule has 0 aliphatic carbocycles. The topological polar surface area (TPSA) is 84.2 Å². The van der Waals surface area contributed by atoms with Gasteiger partial charge in [-0.2, -0.15) is 0 Å². The smallest absolute Gasteiger partial charge is 0.274 e. The van der Waals surface area contributed by atoms with Crippen molar-refractivity contribution in [3.8, 4) is 0 Å². The largest absolute Gasteiger partial charge is 0.467 e. The van der Waals surface area contributed by atoms with Gasteiger partial charge in [0.1, 0.15) is 17.1 Å². The molecule has 27 heavy (non-hydrogen) atoms. The monoisotopic (exact) mass is 363 g/mol. The lowest BCUT2D eigenvalue weighted by Crippen LogP contribution is -2.24. The quantitative estimate of drug-likeness (QED) is 0.694. The van der Waals surface area contributed by atoms with E-state index in [1.165, 1.54) is 5.56 Å². The van der Waals surface area contributed by atoms with E-state index in [1.54, 1.807) is 36.6 Å². The predicted octanol–water partition coefficient (Wildman–Crippen LogP) is 3.98. The fourth-order valence-electron chi connectivity index (χ4n) is 2.51. The van der Waals surface area contributed by atoms with E-state index >= 15 is 0 Å². The summed E-state index contributed by atoms with van der Waals surface area (Å²) in [5, 5.41) is 5.50. The number of pyridine rings is 1. The van der Waals surface area contributed by atoms with E-state index in [0.717, 1.165) is 0 Å². The molecule has 0 saturated carbocycles. The summed E-state index contributed by atoms with van der Waals surface area (Å²) in [5.41, 5.74) is 2.22. The molecule has 138 valence electrons. The third-order valence-corrected chi connectivity index (χ3v) is 4.05. The van der Waals surface area contributed by atoms with Crippen molar-refractivity contribution >= 4 is 17.5 Å². The number of amides is 2. The number of nitrogens with one attached hydrogen (secondary N) is 2. The first-order valence-corrected chi connectivity index (χ1v) is 8.72. The Labute approximate surface area is 157 Å². The molecule has 3 aromatic rings. The van der Waals surface area contributed by atoms with E-state index in [9.17, 15) is 9.59 Å². The summed E-state index contributed by atoms with van der Waals surface area (Å²) < 4.78 is 5.17. The fourth-order valence-corrected chi connectivity index (χ4v) is 2.51. The van der Waals surface area contributed by atoms with Crippen molar-refractivity contribution in [3.63, 3.8) is 0 Å². The number of benzene rings is 1. The van der Waals surface area contributed by atoms with Gasteiger partial charge in [-0.1, -0.05) is 32.0 Å². The Morgan fingerprint density at radius 2 is 1.67 bits per heavy atom. The minimum atomic E-state index is -0.373. The van der Waals surface area contributed by atoms with E-state index in [2.05, 4.69) is 29.5 Å². The van der Waals surface area contributed by atoms with Gasteiger partial charge in [0, 0.05) is 5.69 Å². The Hall–Kier alpha value is -3.41. The van der Waals surface area contributed by atoms with Gasteiger partial charge in [-0.15, -0.1) is 0 Å². The third-order valence-electron chi connectivity index (χ3n) is 4.05. The lowest BCUT2D eigenvalue weighted by Gasteiger charge is -2.09. The Balaban J connectivity index is 1.65. The minimum Gasteiger partial charge on any atom is -0.467 e. The summed E-state index contributed by atoms with van der Waals surface area (Å²) in [5.74, 6) is 0.324. The number of nitrogens with zero attached hydrogens (tertiary/aromatic N) is 1. The zero-order valence-electron chi connectivity index (χ0n) is 15.2. The van der Waals surface area contributed by atoms with Crippen molar-refractivity contribution in [1.29, 1.82) is 0 Å². The zero-order chi connectivity index (χ0) is 19.2. The highest BCUT2D eigenvalue weighted by atomic mass is 16.3. The van der Waals surface area contributed by atoms with Crippen LogP contribution in [0.5, 0.6) is 0 Å². The standard InChI is InChI=1S/C21H21N3O3/c1-14(2)15-8-10-16(11-9-15)23-21(26)19-7-3-6-18(24-19)20(25)22-13-17-5-4-12-27-17/h3-12,14H,13H2,1-2H3,(H,22,25)(H,23,26). The van der Waals surface area contributed by atoms with Crippen LogP contribution in [-0.4, -0.2) is 16.8 Å². The minimum absolute atomic E-state index is 0.171. The lowest BCUT2D eigenvalue weighted by molar-refractivity contribution is 0.0943. The highest BCUT2D eigenvalue weighted by Crippen LogP contribution is 2.17. The maximum absolute atomic E-state index is 12.4. The van der Waals surface area contributed by atoms with Crippen molar-refractivity contribution in [2.24, 2.45) is 0 Å². The van der Waals surface area contributed by atoms with Crippen molar-refractivity contribution in [3.05, 3.63) is 83.6 Å². The van der Waals surface area contributed by atoms with Crippen LogP contribution in [-0.2, 0) is 6.54 Å². The molecule has 6 nitrogen and oxygen atoms in total. The number of carbonyl (C=O) groups is 2. The van der Waals surface area contributed by atoms with Gasteiger partial charge in [-0.25, -0.2) is 4.98 Å². The maximum atomic E-state index is 12.4. The summed E-state index contributed by atoms with van der Waals surface area (Å²) in [6.45, 7) is 4.48. The molecular weight excluding hydrogens is 342 g/mol. The highest BCUT2D eigenvalue weighted by molar-refractivity contribution is 6.03. The van der Waals surface area contributed by atoms with E-state index in [1.807, 2.05) is 24.3 Å². The van der Waals surface area contributed by atoms with Crippen LogP contribution in [0.3, 0.4) is 0 Å². The van der Waals surface area contributed by atoms with Gasteiger partial charge in [0.05, 0.1) is 12.8 Å². The van der Waals surface area contributed by atoms with Crippen molar-refractivity contribution in [1.82, 2.24) is 10.3 Å². The predicted molar refractivity (Wildman–Crippen MR) is 103 cm³/mol. The van der Waals surface area contributed by atoms with Crippen LogP contribution in [0.25, 0.3) is 0 Å². The molecule has 2 amide bonds. The zero-order valence-corrected chi connectivity index (χ0v) is 15.2. The van der Waals surface area contributed by atoms with Gasteiger partial charge in [0.15, 0.2) is 0 Å². The van der Waals surface area contributed by atoms with Crippen LogP contribution in [0.15, 0.2) is 65.3 Å². The average Bonchev–Trinajstić information content (AvgIpc) is 3.20. The SMILES string of the molecule is CC(C)c1ccc(NC(=O)c2cccc(C(=O)NCc3ccco3)n2)cc1. The average molecular weight is 363 g/mol. The second-order valence-corrected chi connectivity index (χ2v) is 6.40. The molecule has 2 heterocycles. The van der Waals surface area contributed by atoms with E-state index in [0.29, 0.717) is 17.4 Å². The molecule has 0 fully saturated rings. The second-order valence-electron chi connectivity index (χ2n) is 6.40. The first-order chi connectivity index (χ1) is 13.0. The van der Waals surface area contributed by atoms with Crippen LogP contribution >= 0.6 is 0 Å². The molecule has 0 aliphatic heterocycles. The Morgan fingerprint density at radius 1 is 0.963 bits per heavy atom. The molecule has 2 aromatic heterocycles. The Bertz CT molecular complexity index is 916. The van der Waals surface area contributed by atoms with E-state index in [4.69, 9.17) is 4.42 Å². The molecule has 0 atom stereocenters. The van der Waals surface area contributed by atoms with Crippen LogP contribution in [0, 0.1) is 0 Å². The Morgan fingerprint density at radius 3 is 2.30 bits per heavy atom. The van der Waals surface area contributed by atoms with E-state index < -0.39 is 0 Å². The van der Waals surface area contributed by atoms with Crippen molar-refractivity contribution < 1.29 is 14.0 Å². The summed E-state index contributed by atoms with van der Waals surface area (Å²) in [4.78, 5) is 28.8. The molecule has 0 unspecified atom stereocenters. The molecule has 0 radical (unpaired) electrons. The fraction of sp³-hybridized carbons (Fsp3) is 0.190. The van der Waals surface area contributed by atoms with Crippen LogP contribution in [0.2, 0.25) is 0 Å². The molecule has 1 aromatic carbocycles. The molecule has 3 rings (SSSR count). The van der Waals surface area contributed by atoms with Crippen LogP contribution in [0.4, 0.5) is 5.69 Å². The molecule has 2 N–H and O–H groups in total. The van der Waals surface area contributed by atoms with Gasteiger partial charge in [-0.05, 0) is 47.9 Å². The van der Waals surface area contributed by atoms with Crippen LogP contribution in [0.1, 0.15) is 52.1 Å². The van der Waals surface area contributed by atoms with E-state index in [-0.39, 0.29) is 29.7 Å². The molecule has 6 heteroatoms.